The molecule has 1 aromatic carbocycles. The van der Waals surface area contributed by atoms with E-state index in [1.54, 1.807) is 0 Å². The molecule has 1 atom stereocenters. The van der Waals surface area contributed by atoms with Crippen LogP contribution in [-0.2, 0) is 0 Å². The second-order valence-electron chi connectivity index (χ2n) is 3.49. The van der Waals surface area contributed by atoms with Gasteiger partial charge < -0.3 is 15.2 Å². The number of hydrogen-bond donors (Lipinski definition) is 2. The zero-order valence-corrected chi connectivity index (χ0v) is 9.36. The molecule has 0 heterocycles. The second kappa shape index (κ2) is 6.43. The van der Waals surface area contributed by atoms with Gasteiger partial charge in [-0.15, -0.1) is 0 Å². The minimum absolute atomic E-state index is 0.449. The van der Waals surface area contributed by atoms with E-state index in [1.807, 2.05) is 31.3 Å². The molecule has 0 aliphatic rings. The predicted molar refractivity (Wildman–Crippen MR) is 61.1 cm³/mol. The molecule has 0 saturated heterocycles. The van der Waals surface area contributed by atoms with Gasteiger partial charge in [-0.3, -0.25) is 0 Å². The van der Waals surface area contributed by atoms with Gasteiger partial charge >= 0.3 is 0 Å². The smallest absolute Gasteiger partial charge is 0.119 e. The molecule has 0 saturated carbocycles. The Bertz CT molecular complexity index is 271. The molecule has 84 valence electrons. The van der Waals surface area contributed by atoms with Crippen LogP contribution in [0.5, 0.6) is 5.75 Å². The van der Waals surface area contributed by atoms with Crippen LogP contribution in [0.2, 0.25) is 0 Å². The van der Waals surface area contributed by atoms with Crippen molar-refractivity contribution in [2.75, 3.05) is 20.2 Å². The summed E-state index contributed by atoms with van der Waals surface area (Å²) >= 11 is 0. The van der Waals surface area contributed by atoms with E-state index in [4.69, 9.17) is 4.74 Å². The Kier molecular flexibility index (Phi) is 5.15. The summed E-state index contributed by atoms with van der Waals surface area (Å²) in [5, 5.41) is 12.6. The van der Waals surface area contributed by atoms with Crippen molar-refractivity contribution in [2.24, 2.45) is 0 Å². The van der Waals surface area contributed by atoms with Crippen molar-refractivity contribution in [1.29, 1.82) is 0 Å². The van der Waals surface area contributed by atoms with Crippen molar-refractivity contribution in [3.05, 3.63) is 29.8 Å². The Labute approximate surface area is 91.1 Å². The number of benzene rings is 1. The van der Waals surface area contributed by atoms with Crippen LogP contribution in [0, 0.1) is 0 Å². The first-order chi connectivity index (χ1) is 7.27. The lowest BCUT2D eigenvalue weighted by Gasteiger charge is -2.11. The van der Waals surface area contributed by atoms with Gasteiger partial charge in [0.25, 0.3) is 0 Å². The summed E-state index contributed by atoms with van der Waals surface area (Å²) in [6.07, 6.45) is 0.555. The number of hydrogen-bond acceptors (Lipinski definition) is 3. The molecule has 0 fully saturated rings. The van der Waals surface area contributed by atoms with Gasteiger partial charge in [-0.2, -0.15) is 0 Å². The zero-order chi connectivity index (χ0) is 11.1. The monoisotopic (exact) mass is 209 g/mol. The minimum Gasteiger partial charge on any atom is -0.494 e. The highest BCUT2D eigenvalue weighted by Crippen LogP contribution is 2.17. The fraction of sp³-hybridized carbons (Fsp3) is 0.500. The van der Waals surface area contributed by atoms with E-state index in [0.717, 1.165) is 24.3 Å². The lowest BCUT2D eigenvalue weighted by atomic mass is 10.1. The van der Waals surface area contributed by atoms with Crippen LogP contribution in [0.15, 0.2) is 24.3 Å². The SMILES string of the molecule is CCCOc1ccc(C(O)CNC)cc1. The molecular weight excluding hydrogens is 190 g/mol. The Hall–Kier alpha value is -1.06. The third kappa shape index (κ3) is 3.90. The van der Waals surface area contributed by atoms with E-state index in [9.17, 15) is 5.11 Å². The summed E-state index contributed by atoms with van der Waals surface area (Å²) in [6, 6.07) is 7.58. The van der Waals surface area contributed by atoms with E-state index < -0.39 is 6.10 Å². The maximum absolute atomic E-state index is 9.68. The van der Waals surface area contributed by atoms with Crippen molar-refractivity contribution < 1.29 is 9.84 Å². The second-order valence-corrected chi connectivity index (χ2v) is 3.49. The van der Waals surface area contributed by atoms with Crippen LogP contribution in [0.3, 0.4) is 0 Å². The first kappa shape index (κ1) is 12.0. The molecule has 1 aromatic rings. The van der Waals surface area contributed by atoms with Crippen LogP contribution in [0.4, 0.5) is 0 Å². The Morgan fingerprint density at radius 1 is 1.33 bits per heavy atom. The summed E-state index contributed by atoms with van der Waals surface area (Å²) < 4.78 is 5.45. The van der Waals surface area contributed by atoms with Crippen LogP contribution < -0.4 is 10.1 Å². The van der Waals surface area contributed by atoms with Gasteiger partial charge in [0.2, 0.25) is 0 Å². The number of rotatable bonds is 6. The molecule has 0 bridgehead atoms. The third-order valence-corrected chi connectivity index (χ3v) is 2.14. The Morgan fingerprint density at radius 2 is 2.00 bits per heavy atom. The molecule has 0 aromatic heterocycles. The van der Waals surface area contributed by atoms with Crippen molar-refractivity contribution in [3.63, 3.8) is 0 Å². The summed E-state index contributed by atoms with van der Waals surface area (Å²) in [5.41, 5.74) is 0.910. The van der Waals surface area contributed by atoms with Gasteiger partial charge in [0.1, 0.15) is 5.75 Å². The molecule has 3 heteroatoms. The van der Waals surface area contributed by atoms with Gasteiger partial charge in [-0.1, -0.05) is 19.1 Å². The number of ether oxygens (including phenoxy) is 1. The fourth-order valence-electron chi connectivity index (χ4n) is 1.32. The van der Waals surface area contributed by atoms with E-state index in [2.05, 4.69) is 12.2 Å². The first-order valence-corrected chi connectivity index (χ1v) is 5.33. The lowest BCUT2D eigenvalue weighted by molar-refractivity contribution is 0.177. The molecule has 1 rings (SSSR count). The average Bonchev–Trinajstić information content (AvgIpc) is 2.27. The number of aliphatic hydroxyl groups is 1. The van der Waals surface area contributed by atoms with Gasteiger partial charge in [0.15, 0.2) is 0 Å². The maximum atomic E-state index is 9.68. The molecular formula is C12H19NO2. The van der Waals surface area contributed by atoms with Gasteiger partial charge in [0, 0.05) is 6.54 Å². The molecule has 15 heavy (non-hydrogen) atoms. The Balaban J connectivity index is 2.55. The number of aliphatic hydroxyl groups excluding tert-OH is 1. The highest BCUT2D eigenvalue weighted by molar-refractivity contribution is 5.28. The summed E-state index contributed by atoms with van der Waals surface area (Å²) in [5.74, 6) is 0.859. The molecule has 0 aliphatic heterocycles. The van der Waals surface area contributed by atoms with E-state index in [1.165, 1.54) is 0 Å². The fourth-order valence-corrected chi connectivity index (χ4v) is 1.32. The normalized spacial score (nSPS) is 12.5. The lowest BCUT2D eigenvalue weighted by Crippen LogP contribution is -2.16. The number of likely N-dealkylation sites (N-methyl/N-ethyl adjacent to an activating group) is 1. The van der Waals surface area contributed by atoms with Gasteiger partial charge in [-0.05, 0) is 31.2 Å². The van der Waals surface area contributed by atoms with Crippen molar-refractivity contribution >= 4 is 0 Å². The summed E-state index contributed by atoms with van der Waals surface area (Å²) in [6.45, 7) is 3.37. The van der Waals surface area contributed by atoms with Crippen molar-refractivity contribution in [3.8, 4) is 5.75 Å². The molecule has 0 amide bonds. The average molecular weight is 209 g/mol. The number of nitrogens with one attached hydrogen (secondary N) is 1. The first-order valence-electron chi connectivity index (χ1n) is 5.33. The molecule has 0 radical (unpaired) electrons. The summed E-state index contributed by atoms with van der Waals surface area (Å²) in [7, 11) is 1.82. The van der Waals surface area contributed by atoms with E-state index >= 15 is 0 Å². The van der Waals surface area contributed by atoms with Crippen LogP contribution in [0.25, 0.3) is 0 Å². The van der Waals surface area contributed by atoms with Crippen LogP contribution >= 0.6 is 0 Å². The molecule has 1 unspecified atom stereocenters. The predicted octanol–water partition coefficient (Wildman–Crippen LogP) is 1.73. The van der Waals surface area contributed by atoms with Crippen molar-refractivity contribution in [1.82, 2.24) is 5.32 Å². The standard InChI is InChI=1S/C12H19NO2/c1-3-8-15-11-6-4-10(5-7-11)12(14)9-13-2/h4-7,12-14H,3,8-9H2,1-2H3. The van der Waals surface area contributed by atoms with Crippen LogP contribution in [0.1, 0.15) is 25.0 Å². The van der Waals surface area contributed by atoms with Gasteiger partial charge in [-0.25, -0.2) is 0 Å². The largest absolute Gasteiger partial charge is 0.494 e. The molecule has 0 aliphatic carbocycles. The molecule has 0 spiro atoms. The maximum Gasteiger partial charge on any atom is 0.119 e. The molecule has 3 nitrogen and oxygen atoms in total. The quantitative estimate of drug-likeness (QED) is 0.749. The zero-order valence-electron chi connectivity index (χ0n) is 9.36. The highest BCUT2D eigenvalue weighted by atomic mass is 16.5. The van der Waals surface area contributed by atoms with Gasteiger partial charge in [0.05, 0.1) is 12.7 Å². The highest BCUT2D eigenvalue weighted by Gasteiger charge is 2.05. The third-order valence-electron chi connectivity index (χ3n) is 2.14. The minimum atomic E-state index is -0.449. The van der Waals surface area contributed by atoms with E-state index in [0.29, 0.717) is 6.54 Å². The van der Waals surface area contributed by atoms with E-state index in [-0.39, 0.29) is 0 Å². The topological polar surface area (TPSA) is 41.5 Å². The molecule has 2 N–H and O–H groups in total. The Morgan fingerprint density at radius 3 is 2.53 bits per heavy atom. The van der Waals surface area contributed by atoms with Crippen molar-refractivity contribution in [2.45, 2.75) is 19.4 Å². The van der Waals surface area contributed by atoms with Crippen LogP contribution in [-0.4, -0.2) is 25.3 Å². The summed E-state index contributed by atoms with van der Waals surface area (Å²) in [4.78, 5) is 0.